The Kier molecular flexibility index (Phi) is 9.39. The predicted molar refractivity (Wildman–Crippen MR) is 136 cm³/mol. The van der Waals surface area contributed by atoms with Gasteiger partial charge in [-0.1, -0.05) is 74.4 Å². The number of benzene rings is 3. The summed E-state index contributed by atoms with van der Waals surface area (Å²) in [7, 11) is 0. The van der Waals surface area contributed by atoms with Crippen molar-refractivity contribution >= 4 is 29.3 Å². The van der Waals surface area contributed by atoms with Crippen LogP contribution >= 0.6 is 11.8 Å². The molecule has 6 heteroatoms. The fraction of sp³-hybridized carbons (Fsp3) is 0.259. The molecule has 0 heterocycles. The summed E-state index contributed by atoms with van der Waals surface area (Å²) in [6.45, 7) is 2.44. The van der Waals surface area contributed by atoms with Gasteiger partial charge in [0.05, 0.1) is 12.3 Å². The van der Waals surface area contributed by atoms with Crippen molar-refractivity contribution < 1.29 is 9.59 Å². The summed E-state index contributed by atoms with van der Waals surface area (Å²) >= 11 is 1.41. The fourth-order valence-electron chi connectivity index (χ4n) is 3.36. The first kappa shape index (κ1) is 24.4. The molecule has 5 nitrogen and oxygen atoms in total. The molecule has 0 atom stereocenters. The number of hydrogen-bond donors (Lipinski definition) is 2. The zero-order valence-corrected chi connectivity index (χ0v) is 19.8. The van der Waals surface area contributed by atoms with E-state index in [2.05, 4.69) is 24.5 Å². The van der Waals surface area contributed by atoms with Gasteiger partial charge in [0.15, 0.2) is 0 Å². The molecule has 0 spiro atoms. The number of rotatable bonds is 10. The minimum atomic E-state index is -0.207. The van der Waals surface area contributed by atoms with E-state index in [9.17, 15) is 9.59 Å². The molecule has 3 rings (SSSR count). The molecular formula is C27H31N3O2S. The van der Waals surface area contributed by atoms with Crippen LogP contribution in [0.1, 0.15) is 38.2 Å². The van der Waals surface area contributed by atoms with Crippen LogP contribution in [-0.2, 0) is 16.1 Å². The van der Waals surface area contributed by atoms with Crippen molar-refractivity contribution in [1.29, 1.82) is 0 Å². The summed E-state index contributed by atoms with van der Waals surface area (Å²) < 4.78 is 0. The van der Waals surface area contributed by atoms with E-state index in [1.54, 1.807) is 0 Å². The maximum atomic E-state index is 12.8. The molecule has 0 fully saturated rings. The first-order valence-electron chi connectivity index (χ1n) is 11.3. The minimum Gasteiger partial charge on any atom is -0.399 e. The topological polar surface area (TPSA) is 75.4 Å². The molecule has 3 N–H and O–H groups in total. The van der Waals surface area contributed by atoms with Gasteiger partial charge >= 0.3 is 0 Å². The largest absolute Gasteiger partial charge is 0.399 e. The quantitative estimate of drug-likeness (QED) is 0.177. The summed E-state index contributed by atoms with van der Waals surface area (Å²) in [4.78, 5) is 26.4. The van der Waals surface area contributed by atoms with Gasteiger partial charge in [0.25, 0.3) is 0 Å². The van der Waals surface area contributed by atoms with E-state index in [0.717, 1.165) is 40.8 Å². The SMILES string of the molecule is CCCCCC(=O)N(Cc1ccc(-c2ccccc2)cc1)NC(=O)CSc1ccc(N)cc1. The van der Waals surface area contributed by atoms with Crippen LogP contribution in [0.3, 0.4) is 0 Å². The number of nitrogens with one attached hydrogen (secondary N) is 1. The second-order valence-electron chi connectivity index (χ2n) is 7.89. The lowest BCUT2D eigenvalue weighted by molar-refractivity contribution is -0.141. The molecule has 0 aromatic heterocycles. The molecule has 3 aromatic rings. The molecule has 2 amide bonds. The molecule has 0 unspecified atom stereocenters. The lowest BCUT2D eigenvalue weighted by Crippen LogP contribution is -2.46. The van der Waals surface area contributed by atoms with Gasteiger partial charge in [-0.15, -0.1) is 11.8 Å². The Morgan fingerprint density at radius 2 is 1.55 bits per heavy atom. The number of thioether (sulfide) groups is 1. The van der Waals surface area contributed by atoms with E-state index in [4.69, 9.17) is 5.73 Å². The number of carbonyl (C=O) groups is 2. The minimum absolute atomic E-state index is 0.0681. The van der Waals surface area contributed by atoms with E-state index in [1.165, 1.54) is 16.8 Å². The van der Waals surface area contributed by atoms with Gasteiger partial charge in [-0.3, -0.25) is 15.0 Å². The van der Waals surface area contributed by atoms with Crippen LogP contribution in [-0.4, -0.2) is 22.6 Å². The van der Waals surface area contributed by atoms with Crippen LogP contribution in [0.5, 0.6) is 0 Å². The Morgan fingerprint density at radius 1 is 0.879 bits per heavy atom. The van der Waals surface area contributed by atoms with E-state index >= 15 is 0 Å². The van der Waals surface area contributed by atoms with Crippen LogP contribution in [0, 0.1) is 0 Å². The van der Waals surface area contributed by atoms with Crippen LogP contribution in [0.25, 0.3) is 11.1 Å². The third-order valence-electron chi connectivity index (χ3n) is 5.21. The Balaban J connectivity index is 1.63. The monoisotopic (exact) mass is 461 g/mol. The molecule has 3 aromatic carbocycles. The fourth-order valence-corrected chi connectivity index (χ4v) is 4.05. The number of nitrogen functional groups attached to an aromatic ring is 1. The number of carbonyl (C=O) groups excluding carboxylic acids is 2. The van der Waals surface area contributed by atoms with Crippen molar-refractivity contribution in [3.8, 4) is 11.1 Å². The first-order chi connectivity index (χ1) is 16.0. The smallest absolute Gasteiger partial charge is 0.248 e. The summed E-state index contributed by atoms with van der Waals surface area (Å²) in [5, 5.41) is 1.46. The summed E-state index contributed by atoms with van der Waals surface area (Å²) in [5.74, 6) is -0.0571. The van der Waals surface area contributed by atoms with Crippen molar-refractivity contribution in [1.82, 2.24) is 10.4 Å². The second-order valence-corrected chi connectivity index (χ2v) is 8.94. The zero-order valence-electron chi connectivity index (χ0n) is 19.0. The zero-order chi connectivity index (χ0) is 23.5. The summed E-state index contributed by atoms with van der Waals surface area (Å²) in [6, 6.07) is 25.6. The van der Waals surface area contributed by atoms with E-state index in [0.29, 0.717) is 18.7 Å². The lowest BCUT2D eigenvalue weighted by Gasteiger charge is -2.24. The van der Waals surface area contributed by atoms with Gasteiger partial charge in [0, 0.05) is 17.0 Å². The van der Waals surface area contributed by atoms with Crippen LogP contribution in [0.15, 0.2) is 83.8 Å². The Bertz CT molecular complexity index is 1020. The van der Waals surface area contributed by atoms with Crippen LogP contribution in [0.2, 0.25) is 0 Å². The lowest BCUT2D eigenvalue weighted by atomic mass is 10.0. The number of anilines is 1. The maximum Gasteiger partial charge on any atom is 0.248 e. The highest BCUT2D eigenvalue weighted by atomic mass is 32.2. The highest BCUT2D eigenvalue weighted by Gasteiger charge is 2.17. The van der Waals surface area contributed by atoms with Gasteiger partial charge in [0.1, 0.15) is 0 Å². The van der Waals surface area contributed by atoms with Gasteiger partial charge in [-0.2, -0.15) is 0 Å². The predicted octanol–water partition coefficient (Wildman–Crippen LogP) is 5.67. The van der Waals surface area contributed by atoms with Gasteiger partial charge in [-0.05, 0) is 47.4 Å². The molecule has 0 aliphatic carbocycles. The van der Waals surface area contributed by atoms with Gasteiger partial charge in [-0.25, -0.2) is 5.01 Å². The number of unbranched alkanes of at least 4 members (excludes halogenated alkanes) is 2. The third-order valence-corrected chi connectivity index (χ3v) is 6.22. The van der Waals surface area contributed by atoms with E-state index in [-0.39, 0.29) is 17.6 Å². The normalized spacial score (nSPS) is 10.6. The molecule has 0 radical (unpaired) electrons. The Labute approximate surface area is 200 Å². The average molecular weight is 462 g/mol. The van der Waals surface area contributed by atoms with Gasteiger partial charge < -0.3 is 5.73 Å². The molecular weight excluding hydrogens is 430 g/mol. The number of hydrazine groups is 1. The molecule has 0 bridgehead atoms. The van der Waals surface area contributed by atoms with Crippen LogP contribution < -0.4 is 11.2 Å². The molecule has 0 saturated carbocycles. The molecule has 0 aliphatic rings. The third kappa shape index (κ3) is 7.99. The Morgan fingerprint density at radius 3 is 2.21 bits per heavy atom. The van der Waals surface area contributed by atoms with Crippen LogP contribution in [0.4, 0.5) is 5.69 Å². The number of nitrogens with two attached hydrogens (primary N) is 1. The van der Waals surface area contributed by atoms with Gasteiger partial charge in [0.2, 0.25) is 11.8 Å². The number of hydrogen-bond acceptors (Lipinski definition) is 4. The molecule has 172 valence electrons. The summed E-state index contributed by atoms with van der Waals surface area (Å²) in [6.07, 6.45) is 3.27. The highest BCUT2D eigenvalue weighted by Crippen LogP contribution is 2.21. The average Bonchev–Trinajstić information content (AvgIpc) is 2.84. The van der Waals surface area contributed by atoms with Crippen molar-refractivity contribution in [2.75, 3.05) is 11.5 Å². The summed E-state index contributed by atoms with van der Waals surface area (Å²) in [5.41, 5.74) is 12.4. The van der Waals surface area contributed by atoms with Crippen molar-refractivity contribution in [2.24, 2.45) is 0 Å². The van der Waals surface area contributed by atoms with E-state index in [1.807, 2.05) is 66.7 Å². The van der Waals surface area contributed by atoms with Crippen molar-refractivity contribution in [3.63, 3.8) is 0 Å². The van der Waals surface area contributed by atoms with Crippen molar-refractivity contribution in [2.45, 2.75) is 44.0 Å². The second kappa shape index (κ2) is 12.7. The van der Waals surface area contributed by atoms with Crippen molar-refractivity contribution in [3.05, 3.63) is 84.4 Å². The maximum absolute atomic E-state index is 12.8. The number of amides is 2. The number of nitrogens with zero attached hydrogens (tertiary/aromatic N) is 1. The van der Waals surface area contributed by atoms with E-state index < -0.39 is 0 Å². The molecule has 33 heavy (non-hydrogen) atoms. The first-order valence-corrected chi connectivity index (χ1v) is 12.3. The Hall–Kier alpha value is -3.25. The molecule has 0 aliphatic heterocycles. The highest BCUT2D eigenvalue weighted by molar-refractivity contribution is 8.00. The molecule has 0 saturated heterocycles. The standard InChI is InChI=1S/C27H31N3O2S/c1-2-3-5-10-27(32)30(29-26(31)20-33-25-17-15-24(28)16-18-25)19-21-11-13-23(14-12-21)22-8-6-4-7-9-22/h4,6-9,11-18H,2-3,5,10,19-20,28H2,1H3,(H,29,31).